The number of rotatable bonds is 6. The number of hydrogen-bond acceptors (Lipinski definition) is 13. The van der Waals surface area contributed by atoms with Gasteiger partial charge < -0.3 is 9.80 Å². The Labute approximate surface area is 353 Å². The topological polar surface area (TPSA) is 144 Å². The molecule has 0 aromatic carbocycles. The first kappa shape index (κ1) is 41.4. The molecular weight excluding hydrogens is 812 g/mol. The molecule has 0 amide bonds. The summed E-state index contributed by atoms with van der Waals surface area (Å²) in [5.41, 5.74) is 11.8. The molecule has 12 nitrogen and oxygen atoms in total. The maximum Gasteiger partial charge on any atom is 0.246 e. The lowest BCUT2D eigenvalue weighted by Gasteiger charge is -2.35. The summed E-state index contributed by atoms with van der Waals surface area (Å²) in [6, 6.07) is 8.30. The first-order valence-electron chi connectivity index (χ1n) is 18.8. The second-order valence-electron chi connectivity index (χ2n) is 14.7. The van der Waals surface area contributed by atoms with Gasteiger partial charge >= 0.3 is 0 Å². The first-order valence-corrected chi connectivity index (χ1v) is 22.7. The van der Waals surface area contributed by atoms with Gasteiger partial charge in [-0.05, 0) is 82.2 Å². The average molecular weight is 856 g/mol. The highest BCUT2D eigenvalue weighted by Crippen LogP contribution is 2.38. The van der Waals surface area contributed by atoms with Gasteiger partial charge in [0, 0.05) is 91.6 Å². The maximum atomic E-state index is 11.8. The average Bonchev–Trinajstić information content (AvgIpc) is 3.19. The molecular formula is C42H44Cl2N10O2S2. The van der Waals surface area contributed by atoms with Crippen molar-refractivity contribution in [3.63, 3.8) is 0 Å². The number of halogens is 2. The minimum Gasteiger partial charge on any atom is -0.349 e. The highest BCUT2D eigenvalue weighted by Gasteiger charge is 2.30. The van der Waals surface area contributed by atoms with Gasteiger partial charge in [-0.25, -0.2) is 38.3 Å². The number of aromatic nitrogens is 8. The van der Waals surface area contributed by atoms with E-state index in [1.165, 1.54) is 0 Å². The number of hydrogen-bond donors (Lipinski definition) is 0. The highest BCUT2D eigenvalue weighted by molar-refractivity contribution is 7.98. The molecule has 8 heterocycles. The van der Waals surface area contributed by atoms with Crippen LogP contribution in [0.4, 0.5) is 11.6 Å². The minimum absolute atomic E-state index is 0.0593. The standard InChI is InChI=1S/C21H22ClN5O2S.C21H22ClN5S/c1-12-7-13(2)20(24-9-12)15-8-19(23-11-17(15)22)27-6-5-18-16(14(27)3)10-25-21(26-18)30(4,28)29;1-12-7-13(2)20(24-9-12)15-8-19(23-11-17(15)22)27-6-5-18-16(14(27)3)10-25-21(26-18)28-4/h7-11,14H,5-6H2,1-4H3;7-11,14H,5-6H2,1-4H3. The molecule has 0 aliphatic carbocycles. The van der Waals surface area contributed by atoms with Gasteiger partial charge in [-0.15, -0.1) is 0 Å². The van der Waals surface area contributed by atoms with Crippen molar-refractivity contribution >= 4 is 56.4 Å². The molecule has 2 aliphatic heterocycles. The summed E-state index contributed by atoms with van der Waals surface area (Å²) < 4.78 is 23.5. The van der Waals surface area contributed by atoms with Crippen LogP contribution in [0.2, 0.25) is 10.0 Å². The summed E-state index contributed by atoms with van der Waals surface area (Å²) in [4.78, 5) is 40.3. The molecule has 2 atom stereocenters. The Morgan fingerprint density at radius 2 is 1.10 bits per heavy atom. The molecule has 16 heteroatoms. The van der Waals surface area contributed by atoms with Crippen molar-refractivity contribution in [3.8, 4) is 22.5 Å². The van der Waals surface area contributed by atoms with Crippen molar-refractivity contribution < 1.29 is 8.42 Å². The third-order valence-electron chi connectivity index (χ3n) is 10.5. The van der Waals surface area contributed by atoms with Crippen molar-refractivity contribution in [1.82, 2.24) is 39.9 Å². The zero-order valence-electron chi connectivity index (χ0n) is 33.6. The van der Waals surface area contributed by atoms with E-state index < -0.39 is 9.84 Å². The minimum atomic E-state index is -3.44. The smallest absolute Gasteiger partial charge is 0.246 e. The van der Waals surface area contributed by atoms with E-state index >= 15 is 0 Å². The maximum absolute atomic E-state index is 11.8. The predicted molar refractivity (Wildman–Crippen MR) is 232 cm³/mol. The molecule has 0 spiro atoms. The van der Waals surface area contributed by atoms with E-state index in [0.717, 1.165) is 103 Å². The van der Waals surface area contributed by atoms with Crippen LogP contribution in [0.25, 0.3) is 22.5 Å². The van der Waals surface area contributed by atoms with Crippen molar-refractivity contribution in [2.24, 2.45) is 0 Å². The molecule has 0 N–H and O–H groups in total. The van der Waals surface area contributed by atoms with E-state index in [4.69, 9.17) is 23.2 Å². The highest BCUT2D eigenvalue weighted by atomic mass is 35.5. The Balaban J connectivity index is 0.000000177. The van der Waals surface area contributed by atoms with Crippen LogP contribution in [0.5, 0.6) is 0 Å². The zero-order valence-corrected chi connectivity index (χ0v) is 36.8. The molecule has 2 aliphatic rings. The van der Waals surface area contributed by atoms with Crippen LogP contribution in [0.1, 0.15) is 70.7 Å². The van der Waals surface area contributed by atoms with E-state index in [9.17, 15) is 8.42 Å². The monoisotopic (exact) mass is 854 g/mol. The van der Waals surface area contributed by atoms with Gasteiger partial charge in [0.05, 0.1) is 44.9 Å². The molecule has 300 valence electrons. The van der Waals surface area contributed by atoms with Crippen molar-refractivity contribution in [3.05, 3.63) is 116 Å². The second kappa shape index (κ2) is 16.8. The van der Waals surface area contributed by atoms with Gasteiger partial charge in [0.1, 0.15) is 11.6 Å². The van der Waals surface area contributed by atoms with Crippen LogP contribution >= 0.6 is 35.0 Å². The van der Waals surface area contributed by atoms with Crippen LogP contribution in [-0.4, -0.2) is 73.9 Å². The third-order valence-corrected chi connectivity index (χ3v) is 12.5. The lowest BCUT2D eigenvalue weighted by molar-refractivity contribution is 0.574. The predicted octanol–water partition coefficient (Wildman–Crippen LogP) is 8.78. The number of anilines is 2. The first-order chi connectivity index (χ1) is 27.6. The van der Waals surface area contributed by atoms with E-state index in [2.05, 4.69) is 75.7 Å². The summed E-state index contributed by atoms with van der Waals surface area (Å²) in [5, 5.41) is 1.85. The lowest BCUT2D eigenvalue weighted by atomic mass is 9.99. The summed E-state index contributed by atoms with van der Waals surface area (Å²) in [6.07, 6.45) is 15.2. The summed E-state index contributed by atoms with van der Waals surface area (Å²) in [7, 11) is -3.44. The van der Waals surface area contributed by atoms with E-state index in [0.29, 0.717) is 23.0 Å². The van der Waals surface area contributed by atoms with E-state index in [1.807, 2.05) is 64.7 Å². The van der Waals surface area contributed by atoms with Gasteiger partial charge in [0.15, 0.2) is 5.16 Å². The van der Waals surface area contributed by atoms with Crippen molar-refractivity contribution in [2.75, 3.05) is 35.4 Å². The van der Waals surface area contributed by atoms with Crippen molar-refractivity contribution in [1.29, 1.82) is 0 Å². The number of aryl methyl sites for hydroxylation is 4. The van der Waals surface area contributed by atoms with Gasteiger partial charge in [-0.1, -0.05) is 47.1 Å². The Morgan fingerprint density at radius 1 is 0.638 bits per heavy atom. The summed E-state index contributed by atoms with van der Waals surface area (Å²) >= 11 is 14.5. The SMILES string of the molecule is CSc1ncc2c(n1)CCN(c1cc(-c3ncc(C)cc3C)c(Cl)cn1)C2C.Cc1cnc(-c2cc(N3CCc4nc(S(C)(=O)=O)ncc4C3C)ncc2Cl)c(C)c1. The van der Waals surface area contributed by atoms with Gasteiger partial charge in [0.25, 0.3) is 0 Å². The number of nitrogens with zero attached hydrogens (tertiary/aromatic N) is 10. The third kappa shape index (κ3) is 8.52. The zero-order chi connectivity index (χ0) is 41.5. The molecule has 0 saturated heterocycles. The quantitative estimate of drug-likeness (QED) is 0.116. The van der Waals surface area contributed by atoms with E-state index in [1.54, 1.807) is 30.4 Å². The Hall–Kier alpha value is -4.76. The van der Waals surface area contributed by atoms with Crippen LogP contribution in [-0.2, 0) is 22.7 Å². The summed E-state index contributed by atoms with van der Waals surface area (Å²) in [6.45, 7) is 13.8. The van der Waals surface area contributed by atoms with E-state index in [-0.39, 0.29) is 17.2 Å². The molecule has 8 rings (SSSR count). The van der Waals surface area contributed by atoms with Crippen LogP contribution in [0.15, 0.2) is 71.8 Å². The van der Waals surface area contributed by atoms with Gasteiger partial charge in [0.2, 0.25) is 15.0 Å². The van der Waals surface area contributed by atoms with Crippen molar-refractivity contribution in [2.45, 2.75) is 76.8 Å². The van der Waals surface area contributed by atoms with Gasteiger partial charge in [-0.2, -0.15) is 0 Å². The molecule has 2 unspecified atom stereocenters. The van der Waals surface area contributed by atoms with Crippen LogP contribution < -0.4 is 9.80 Å². The largest absolute Gasteiger partial charge is 0.349 e. The molecule has 6 aromatic heterocycles. The Bertz CT molecular complexity index is 2650. The number of fused-ring (bicyclic) bond motifs is 2. The fourth-order valence-electron chi connectivity index (χ4n) is 7.52. The normalized spacial score (nSPS) is 16.3. The molecule has 0 fully saturated rings. The lowest BCUT2D eigenvalue weighted by Crippen LogP contribution is -2.35. The number of sulfone groups is 1. The molecule has 0 bridgehead atoms. The fourth-order valence-corrected chi connectivity index (χ4v) is 8.79. The second-order valence-corrected chi connectivity index (χ2v) is 18.2. The number of thioether (sulfide) groups is 1. The fraction of sp³-hybridized carbons (Fsp3) is 0.333. The van der Waals surface area contributed by atoms with Crippen LogP contribution in [0, 0.1) is 27.7 Å². The molecule has 0 saturated carbocycles. The number of pyridine rings is 4. The Morgan fingerprint density at radius 3 is 1.55 bits per heavy atom. The molecule has 0 radical (unpaired) electrons. The summed E-state index contributed by atoms with van der Waals surface area (Å²) in [5.74, 6) is 1.68. The molecule has 6 aromatic rings. The Kier molecular flexibility index (Phi) is 12.0. The van der Waals surface area contributed by atoms with Crippen LogP contribution in [0.3, 0.4) is 0 Å². The van der Waals surface area contributed by atoms with Gasteiger partial charge in [-0.3, -0.25) is 9.97 Å². The molecule has 58 heavy (non-hydrogen) atoms.